The van der Waals surface area contributed by atoms with E-state index in [4.69, 9.17) is 4.21 Å². The summed E-state index contributed by atoms with van der Waals surface area (Å²) in [5.41, 5.74) is 12.6. The van der Waals surface area contributed by atoms with Crippen molar-refractivity contribution in [3.05, 3.63) is 73.1 Å². The molecule has 0 radical (unpaired) electrons. The molecule has 1 unspecified atom stereocenters. The fourth-order valence-corrected chi connectivity index (χ4v) is 13.1. The normalized spacial score (nSPS) is 16.9. The summed E-state index contributed by atoms with van der Waals surface area (Å²) in [6.45, 7) is 26.0. The average molecular weight is 603 g/mol. The summed E-state index contributed by atoms with van der Waals surface area (Å²) in [5, 5.41) is 0. The van der Waals surface area contributed by atoms with Gasteiger partial charge >= 0.3 is 218 Å². The maximum atomic E-state index is 5.08. The Morgan fingerprint density at radius 1 is 0.806 bits per heavy atom. The third-order valence-corrected chi connectivity index (χ3v) is 14.4. The SMILES string of the molecule is [CH2]=[Zr+2]([C]1=C(C)C(C(C)(C)C)=CC1C)[c]1c(C(C)(C)C)ccc2c1Cc1cc(C(C)(C)C)ccc1-2.[Cl-].[Cl-]. The molecule has 194 valence electrons. The van der Waals surface area contributed by atoms with Crippen molar-refractivity contribution >= 4 is 7.48 Å². The van der Waals surface area contributed by atoms with E-state index in [0.29, 0.717) is 5.92 Å². The van der Waals surface area contributed by atoms with E-state index in [1.54, 1.807) is 23.3 Å². The Labute approximate surface area is 241 Å². The molecule has 0 N–H and O–H groups in total. The first-order valence-electron chi connectivity index (χ1n) is 12.9. The molecule has 2 aromatic carbocycles. The molecule has 0 saturated carbocycles. The molecule has 1 atom stereocenters. The average Bonchev–Trinajstić information content (AvgIpc) is 3.21. The Morgan fingerprint density at radius 3 is 1.89 bits per heavy atom. The largest absolute Gasteiger partial charge is 1.00 e. The van der Waals surface area contributed by atoms with Gasteiger partial charge in [-0.25, -0.2) is 0 Å². The third kappa shape index (κ3) is 5.51. The molecule has 0 spiro atoms. The fraction of sp³-hybridized carbons (Fsp3) is 0.485. The van der Waals surface area contributed by atoms with Gasteiger partial charge in [0.1, 0.15) is 0 Å². The Hall–Kier alpha value is -0.747. The van der Waals surface area contributed by atoms with Crippen LogP contribution < -0.4 is 28.1 Å². The summed E-state index contributed by atoms with van der Waals surface area (Å²) in [6.07, 6.45) is 3.61. The van der Waals surface area contributed by atoms with E-state index in [0.717, 1.165) is 6.42 Å². The van der Waals surface area contributed by atoms with Crippen molar-refractivity contribution in [1.82, 2.24) is 0 Å². The Balaban J connectivity index is 0.00000228. The summed E-state index contributed by atoms with van der Waals surface area (Å²) in [6, 6.07) is 12.1. The first-order chi connectivity index (χ1) is 15.5. The van der Waals surface area contributed by atoms with E-state index in [2.05, 4.69) is 113 Å². The summed E-state index contributed by atoms with van der Waals surface area (Å²) in [4.78, 5) is 0. The van der Waals surface area contributed by atoms with Crippen LogP contribution in [-0.4, -0.2) is 4.21 Å². The molecule has 0 amide bonds. The maximum Gasteiger partial charge on any atom is -1.00 e. The second-order valence-corrected chi connectivity index (χ2v) is 18.6. The molecule has 0 aliphatic heterocycles. The number of benzene rings is 2. The molecular weight excluding hydrogens is 558 g/mol. The van der Waals surface area contributed by atoms with Crippen LogP contribution in [-0.2, 0) is 38.5 Å². The summed E-state index contributed by atoms with van der Waals surface area (Å²) >= 11 is -2.36. The van der Waals surface area contributed by atoms with Gasteiger partial charge in [0.25, 0.3) is 0 Å². The van der Waals surface area contributed by atoms with Gasteiger partial charge in [0, 0.05) is 0 Å². The third-order valence-electron chi connectivity index (χ3n) is 7.86. The van der Waals surface area contributed by atoms with Crippen LogP contribution in [0.3, 0.4) is 0 Å². The minimum absolute atomic E-state index is 0. The second kappa shape index (κ2) is 10.4. The predicted octanol–water partition coefficient (Wildman–Crippen LogP) is 2.43. The Morgan fingerprint density at radius 2 is 1.39 bits per heavy atom. The standard InChI is InChI=1S/C21H25.C11H17.CH2.2ClH.Zr/c1-20(2,3)16-7-9-18-14(12-16)11-15-13-17(21(4,5)6)8-10-19(15)18;1-8-6-9(2)10(7-8)11(3,4)5;;;;/h7-10,12H,11H2,1-6H3;7-8H,1-5H3;1H2;2*1H;/q;;;;;+2/p-2. The molecule has 0 nitrogen and oxygen atoms in total. The minimum Gasteiger partial charge on any atom is -1.00 e. The molecule has 36 heavy (non-hydrogen) atoms. The zero-order valence-electron chi connectivity index (χ0n) is 24.2. The molecule has 0 heterocycles. The van der Waals surface area contributed by atoms with Crippen molar-refractivity contribution in [3.63, 3.8) is 0 Å². The van der Waals surface area contributed by atoms with Crippen molar-refractivity contribution in [2.24, 2.45) is 11.3 Å². The van der Waals surface area contributed by atoms with Crippen LogP contribution in [0, 0.1) is 11.3 Å². The number of allylic oxidation sites excluding steroid dienone is 4. The molecule has 2 aliphatic rings. The van der Waals surface area contributed by atoms with E-state index in [1.165, 1.54) is 27.8 Å². The minimum atomic E-state index is -2.36. The fourth-order valence-electron chi connectivity index (χ4n) is 6.11. The second-order valence-electron chi connectivity index (χ2n) is 13.7. The number of fused-ring (bicyclic) bond motifs is 3. The molecule has 0 aromatic heterocycles. The van der Waals surface area contributed by atoms with Gasteiger partial charge in [-0.15, -0.1) is 0 Å². The zero-order valence-corrected chi connectivity index (χ0v) is 28.2. The first-order valence-corrected chi connectivity index (χ1v) is 17.1. The number of halogens is 2. The van der Waals surface area contributed by atoms with Crippen molar-refractivity contribution in [1.29, 1.82) is 0 Å². The maximum absolute atomic E-state index is 5.08. The van der Waals surface area contributed by atoms with Gasteiger partial charge < -0.3 is 24.8 Å². The van der Waals surface area contributed by atoms with Crippen molar-refractivity contribution < 1.29 is 46.1 Å². The smallest absolute Gasteiger partial charge is 1.00 e. The van der Waals surface area contributed by atoms with Crippen LogP contribution in [0.4, 0.5) is 0 Å². The van der Waals surface area contributed by atoms with Crippen LogP contribution in [0.2, 0.25) is 0 Å². The molecule has 0 saturated heterocycles. The Bertz CT molecular complexity index is 1250. The van der Waals surface area contributed by atoms with Crippen LogP contribution in [0.25, 0.3) is 11.1 Å². The zero-order chi connectivity index (χ0) is 25.4. The van der Waals surface area contributed by atoms with Crippen molar-refractivity contribution in [2.75, 3.05) is 0 Å². The summed E-state index contributed by atoms with van der Waals surface area (Å²) in [5.74, 6) is 0.515. The van der Waals surface area contributed by atoms with Gasteiger partial charge in [-0.1, -0.05) is 0 Å². The number of hydrogen-bond acceptors (Lipinski definition) is 0. The van der Waals surface area contributed by atoms with E-state index < -0.39 is 21.3 Å². The topological polar surface area (TPSA) is 0 Å². The van der Waals surface area contributed by atoms with Gasteiger partial charge in [0.05, 0.1) is 0 Å². The van der Waals surface area contributed by atoms with Gasteiger partial charge in [0.2, 0.25) is 0 Å². The van der Waals surface area contributed by atoms with E-state index >= 15 is 0 Å². The summed E-state index contributed by atoms with van der Waals surface area (Å²) in [7, 11) is 0. The van der Waals surface area contributed by atoms with Crippen molar-refractivity contribution in [2.45, 2.75) is 93.4 Å². The molecule has 4 rings (SSSR count). The molecule has 2 aromatic rings. The van der Waals surface area contributed by atoms with Crippen molar-refractivity contribution in [3.8, 4) is 11.1 Å². The summed E-state index contributed by atoms with van der Waals surface area (Å²) < 4.78 is 8.46. The van der Waals surface area contributed by atoms with Gasteiger partial charge in [-0.05, 0) is 0 Å². The van der Waals surface area contributed by atoms with E-state index in [1.807, 2.05) is 0 Å². The monoisotopic (exact) mass is 600 g/mol. The van der Waals surface area contributed by atoms with E-state index in [9.17, 15) is 0 Å². The van der Waals surface area contributed by atoms with Gasteiger partial charge in [0.15, 0.2) is 0 Å². The van der Waals surface area contributed by atoms with Crippen LogP contribution in [0.1, 0.15) is 98.4 Å². The van der Waals surface area contributed by atoms with Crippen LogP contribution in [0.15, 0.2) is 50.8 Å². The predicted molar refractivity (Wildman–Crippen MR) is 148 cm³/mol. The number of hydrogen-bond donors (Lipinski definition) is 0. The first kappa shape index (κ1) is 31.5. The van der Waals surface area contributed by atoms with Gasteiger partial charge in [-0.3, -0.25) is 0 Å². The number of rotatable bonds is 2. The molecular formula is C33H44Cl2Zr. The van der Waals surface area contributed by atoms with Gasteiger partial charge in [-0.2, -0.15) is 0 Å². The van der Waals surface area contributed by atoms with Crippen LogP contribution >= 0.6 is 0 Å². The molecule has 0 bridgehead atoms. The quantitative estimate of drug-likeness (QED) is 0.423. The Kier molecular flexibility index (Phi) is 9.12. The molecule has 0 fully saturated rings. The molecule has 2 aliphatic carbocycles. The van der Waals surface area contributed by atoms with E-state index in [-0.39, 0.29) is 41.1 Å². The molecule has 3 heteroatoms. The van der Waals surface area contributed by atoms with Crippen LogP contribution in [0.5, 0.6) is 0 Å².